The predicted molar refractivity (Wildman–Crippen MR) is 75.4 cm³/mol. The lowest BCUT2D eigenvalue weighted by Crippen LogP contribution is -2.48. The molecule has 0 aliphatic rings. The zero-order valence-corrected chi connectivity index (χ0v) is 12.5. The van der Waals surface area contributed by atoms with Gasteiger partial charge in [-0.05, 0) is 6.42 Å². The fraction of sp³-hybridized carbons (Fsp3) is 0.929. The normalized spacial score (nSPS) is 17.0. The average Bonchev–Trinajstić information content (AvgIpc) is 2.50. The van der Waals surface area contributed by atoms with Gasteiger partial charge < -0.3 is 30.3 Å². The molecule has 0 radical (unpaired) electrons. The summed E-state index contributed by atoms with van der Waals surface area (Å²) in [6.45, 7) is 0.660. The van der Waals surface area contributed by atoms with Crippen LogP contribution in [-0.2, 0) is 9.53 Å². The Labute approximate surface area is 125 Å². The van der Waals surface area contributed by atoms with Crippen LogP contribution >= 0.6 is 0 Å². The van der Waals surface area contributed by atoms with Crippen LogP contribution in [0.25, 0.3) is 0 Å². The Hall–Kier alpha value is -0.730. The molecule has 0 heterocycles. The molecule has 0 amide bonds. The third-order valence-corrected chi connectivity index (χ3v) is 3.26. The van der Waals surface area contributed by atoms with Crippen LogP contribution in [0, 0.1) is 0 Å². The first-order valence-electron chi connectivity index (χ1n) is 7.43. The Morgan fingerprint density at radius 1 is 0.952 bits per heavy atom. The van der Waals surface area contributed by atoms with E-state index in [4.69, 9.17) is 14.9 Å². The van der Waals surface area contributed by atoms with E-state index >= 15 is 0 Å². The molecular weight excluding hydrogens is 280 g/mol. The van der Waals surface area contributed by atoms with Crippen molar-refractivity contribution >= 4 is 5.97 Å². The van der Waals surface area contributed by atoms with Crippen LogP contribution in [0.2, 0.25) is 0 Å². The number of hydrogen-bond donors (Lipinski definition) is 5. The van der Waals surface area contributed by atoms with Gasteiger partial charge in [-0.1, -0.05) is 32.6 Å². The van der Waals surface area contributed by atoms with E-state index in [9.17, 15) is 20.1 Å². The highest BCUT2D eigenvalue weighted by molar-refractivity contribution is 5.69. The lowest BCUT2D eigenvalue weighted by molar-refractivity contribution is -0.171. The minimum atomic E-state index is -1.70. The van der Waals surface area contributed by atoms with Gasteiger partial charge in [0.2, 0.25) is 0 Å². The summed E-state index contributed by atoms with van der Waals surface area (Å²) in [4.78, 5) is 11.6. The summed E-state index contributed by atoms with van der Waals surface area (Å²) in [6, 6.07) is 0. The SMILES string of the molecule is CCCCCCCC(=O)O[C@@H](CO)[C@H](O)[C@@H](O)[C@@H](O)CO. The molecule has 7 heteroatoms. The lowest BCUT2D eigenvalue weighted by atomic mass is 10.0. The molecule has 0 saturated heterocycles. The van der Waals surface area contributed by atoms with E-state index in [1.165, 1.54) is 0 Å². The molecule has 0 fully saturated rings. The van der Waals surface area contributed by atoms with E-state index < -0.39 is 43.6 Å². The molecule has 0 saturated carbocycles. The van der Waals surface area contributed by atoms with Gasteiger partial charge in [-0.2, -0.15) is 0 Å². The highest BCUT2D eigenvalue weighted by Crippen LogP contribution is 2.11. The molecule has 0 aliphatic carbocycles. The maximum atomic E-state index is 11.6. The number of aliphatic hydroxyl groups is 5. The van der Waals surface area contributed by atoms with Crippen molar-refractivity contribution in [3.8, 4) is 0 Å². The number of rotatable bonds is 12. The third-order valence-electron chi connectivity index (χ3n) is 3.26. The molecule has 5 N–H and O–H groups in total. The molecule has 0 rings (SSSR count). The van der Waals surface area contributed by atoms with Crippen LogP contribution in [0.5, 0.6) is 0 Å². The monoisotopic (exact) mass is 308 g/mol. The number of carbonyl (C=O) groups excluding carboxylic acids is 1. The highest BCUT2D eigenvalue weighted by Gasteiger charge is 2.33. The fourth-order valence-electron chi connectivity index (χ4n) is 1.87. The molecule has 0 aliphatic heterocycles. The van der Waals surface area contributed by atoms with Gasteiger partial charge in [-0.25, -0.2) is 0 Å². The minimum absolute atomic E-state index is 0.172. The lowest BCUT2D eigenvalue weighted by Gasteiger charge is -2.27. The Morgan fingerprint density at radius 3 is 2.10 bits per heavy atom. The second kappa shape index (κ2) is 11.9. The Morgan fingerprint density at radius 2 is 1.57 bits per heavy atom. The molecular formula is C14H28O7. The molecule has 126 valence electrons. The summed E-state index contributed by atoms with van der Waals surface area (Å²) in [7, 11) is 0. The first-order valence-corrected chi connectivity index (χ1v) is 7.43. The standard InChI is InChI=1S/C14H28O7/c1-2-3-4-5-6-7-12(18)21-11(9-16)14(20)13(19)10(17)8-15/h10-11,13-17,19-20H,2-9H2,1H3/t10-,11-,13-,14-/m0/s1. The van der Waals surface area contributed by atoms with E-state index in [0.29, 0.717) is 6.42 Å². The van der Waals surface area contributed by atoms with E-state index in [2.05, 4.69) is 6.92 Å². The first kappa shape index (κ1) is 20.3. The maximum Gasteiger partial charge on any atom is 0.306 e. The summed E-state index contributed by atoms with van der Waals surface area (Å²) < 4.78 is 4.89. The van der Waals surface area contributed by atoms with Crippen LogP contribution in [0.4, 0.5) is 0 Å². The molecule has 0 unspecified atom stereocenters. The molecule has 0 aromatic carbocycles. The molecule has 7 nitrogen and oxygen atoms in total. The summed E-state index contributed by atoms with van der Waals surface area (Å²) in [6.07, 6.45) is -1.28. The van der Waals surface area contributed by atoms with Crippen molar-refractivity contribution in [1.29, 1.82) is 0 Å². The zero-order chi connectivity index (χ0) is 16.3. The molecule has 0 bridgehead atoms. The van der Waals surface area contributed by atoms with Gasteiger partial charge in [0.1, 0.15) is 18.3 Å². The fourth-order valence-corrected chi connectivity index (χ4v) is 1.87. The second-order valence-corrected chi connectivity index (χ2v) is 5.11. The predicted octanol–water partition coefficient (Wildman–Crippen LogP) is -0.674. The van der Waals surface area contributed by atoms with Gasteiger partial charge in [0.25, 0.3) is 0 Å². The van der Waals surface area contributed by atoms with Crippen molar-refractivity contribution in [2.75, 3.05) is 13.2 Å². The van der Waals surface area contributed by atoms with Crippen molar-refractivity contribution in [2.45, 2.75) is 69.9 Å². The van der Waals surface area contributed by atoms with Crippen LogP contribution in [0.3, 0.4) is 0 Å². The van der Waals surface area contributed by atoms with Gasteiger partial charge in [0.15, 0.2) is 6.10 Å². The Kier molecular flexibility index (Phi) is 11.5. The van der Waals surface area contributed by atoms with Crippen LogP contribution in [-0.4, -0.2) is 69.1 Å². The summed E-state index contributed by atoms with van der Waals surface area (Å²) in [5.74, 6) is -0.574. The molecule has 0 aromatic heterocycles. The summed E-state index contributed by atoms with van der Waals surface area (Å²) in [5.41, 5.74) is 0. The number of hydrogen-bond acceptors (Lipinski definition) is 7. The van der Waals surface area contributed by atoms with E-state index in [0.717, 1.165) is 25.7 Å². The van der Waals surface area contributed by atoms with Crippen molar-refractivity contribution in [3.05, 3.63) is 0 Å². The second-order valence-electron chi connectivity index (χ2n) is 5.11. The molecule has 21 heavy (non-hydrogen) atoms. The van der Waals surface area contributed by atoms with Crippen molar-refractivity contribution < 1.29 is 35.1 Å². The molecule has 0 aromatic rings. The number of carbonyl (C=O) groups is 1. The van der Waals surface area contributed by atoms with Crippen molar-refractivity contribution in [3.63, 3.8) is 0 Å². The van der Waals surface area contributed by atoms with Crippen LogP contribution < -0.4 is 0 Å². The smallest absolute Gasteiger partial charge is 0.306 e. The average molecular weight is 308 g/mol. The molecule has 4 atom stereocenters. The van der Waals surface area contributed by atoms with Gasteiger partial charge in [-0.15, -0.1) is 0 Å². The van der Waals surface area contributed by atoms with Gasteiger partial charge in [-0.3, -0.25) is 4.79 Å². The number of ether oxygens (including phenoxy) is 1. The first-order chi connectivity index (χ1) is 9.97. The van der Waals surface area contributed by atoms with Crippen LogP contribution in [0.1, 0.15) is 45.4 Å². The van der Waals surface area contributed by atoms with Gasteiger partial charge >= 0.3 is 5.97 Å². The largest absolute Gasteiger partial charge is 0.457 e. The van der Waals surface area contributed by atoms with Crippen molar-refractivity contribution in [1.82, 2.24) is 0 Å². The molecule has 0 spiro atoms. The van der Waals surface area contributed by atoms with Gasteiger partial charge in [0, 0.05) is 6.42 Å². The number of esters is 1. The van der Waals surface area contributed by atoms with E-state index in [1.807, 2.05) is 0 Å². The zero-order valence-electron chi connectivity index (χ0n) is 12.5. The topological polar surface area (TPSA) is 127 Å². The van der Waals surface area contributed by atoms with Crippen LogP contribution in [0.15, 0.2) is 0 Å². The maximum absolute atomic E-state index is 11.6. The highest BCUT2D eigenvalue weighted by atomic mass is 16.6. The third kappa shape index (κ3) is 8.33. The van der Waals surface area contributed by atoms with Gasteiger partial charge in [0.05, 0.1) is 13.2 Å². The number of aliphatic hydroxyl groups excluding tert-OH is 5. The number of unbranched alkanes of at least 4 members (excludes halogenated alkanes) is 4. The summed E-state index contributed by atoms with van der Waals surface area (Å²) in [5, 5.41) is 46.2. The van der Waals surface area contributed by atoms with Crippen molar-refractivity contribution in [2.24, 2.45) is 0 Å². The minimum Gasteiger partial charge on any atom is -0.457 e. The quantitative estimate of drug-likeness (QED) is 0.239. The van der Waals surface area contributed by atoms with E-state index in [1.54, 1.807) is 0 Å². The summed E-state index contributed by atoms with van der Waals surface area (Å²) >= 11 is 0. The Balaban J connectivity index is 4.14. The Bertz CT molecular complexity index is 272. The van der Waals surface area contributed by atoms with E-state index in [-0.39, 0.29) is 6.42 Å².